The van der Waals surface area contributed by atoms with Crippen molar-refractivity contribution >= 4 is 0 Å². The fraction of sp³-hybridized carbons (Fsp3) is 0.750. The third-order valence-electron chi connectivity index (χ3n) is 3.43. The van der Waals surface area contributed by atoms with Crippen LogP contribution < -0.4 is 5.32 Å². The second-order valence-corrected chi connectivity index (χ2v) is 4.71. The minimum absolute atomic E-state index is 0.461. The quantitative estimate of drug-likeness (QED) is 0.791. The van der Waals surface area contributed by atoms with Crippen LogP contribution in [0.1, 0.15) is 38.3 Å². The highest BCUT2D eigenvalue weighted by atomic mass is 16.3. The van der Waals surface area contributed by atoms with Crippen molar-refractivity contribution in [1.29, 1.82) is 0 Å². The largest absolute Gasteiger partial charge is 0.389 e. The fourth-order valence-electron chi connectivity index (χ4n) is 2.41. The maximum atomic E-state index is 10.2. The van der Waals surface area contributed by atoms with Crippen LogP contribution in [0.5, 0.6) is 0 Å². The maximum absolute atomic E-state index is 10.2. The molecule has 0 bridgehead atoms. The third kappa shape index (κ3) is 2.62. The number of imidazole rings is 1. The molecular formula is C12H21N3O. The standard InChI is InChI=1S/C12H21N3O/c1-2-15-10-14-8-11(15)7-13-9-12(16)5-3-4-6-12/h8,10,13,16H,2-7,9H2,1H3. The van der Waals surface area contributed by atoms with Gasteiger partial charge in [-0.25, -0.2) is 4.98 Å². The zero-order valence-corrected chi connectivity index (χ0v) is 9.95. The van der Waals surface area contributed by atoms with Crippen LogP contribution in [0, 0.1) is 0 Å². The molecule has 4 heteroatoms. The molecule has 1 aromatic rings. The molecule has 16 heavy (non-hydrogen) atoms. The van der Waals surface area contributed by atoms with E-state index in [4.69, 9.17) is 0 Å². The topological polar surface area (TPSA) is 50.1 Å². The zero-order valence-electron chi connectivity index (χ0n) is 9.95. The van der Waals surface area contributed by atoms with Gasteiger partial charge >= 0.3 is 0 Å². The van der Waals surface area contributed by atoms with Crippen LogP contribution >= 0.6 is 0 Å². The molecule has 1 aromatic heterocycles. The number of aryl methyl sites for hydroxylation is 1. The molecule has 0 radical (unpaired) electrons. The minimum atomic E-state index is -0.461. The first-order chi connectivity index (χ1) is 7.73. The van der Waals surface area contributed by atoms with Gasteiger partial charge in [0.05, 0.1) is 17.6 Å². The predicted molar refractivity (Wildman–Crippen MR) is 63.0 cm³/mol. The third-order valence-corrected chi connectivity index (χ3v) is 3.43. The van der Waals surface area contributed by atoms with Gasteiger partial charge in [-0.3, -0.25) is 0 Å². The highest BCUT2D eigenvalue weighted by Crippen LogP contribution is 2.28. The molecule has 0 aromatic carbocycles. The first-order valence-electron chi connectivity index (χ1n) is 6.16. The van der Waals surface area contributed by atoms with Crippen LogP contribution in [-0.4, -0.2) is 26.8 Å². The molecule has 0 amide bonds. The molecule has 2 N–H and O–H groups in total. The second kappa shape index (κ2) is 4.97. The number of nitrogens with zero attached hydrogens (tertiary/aromatic N) is 2. The molecule has 1 fully saturated rings. The second-order valence-electron chi connectivity index (χ2n) is 4.71. The van der Waals surface area contributed by atoms with Gasteiger partial charge in [0.25, 0.3) is 0 Å². The molecule has 2 rings (SSSR count). The highest BCUT2D eigenvalue weighted by Gasteiger charge is 2.30. The lowest BCUT2D eigenvalue weighted by Crippen LogP contribution is -2.37. The van der Waals surface area contributed by atoms with E-state index >= 15 is 0 Å². The lowest BCUT2D eigenvalue weighted by atomic mass is 10.0. The fourth-order valence-corrected chi connectivity index (χ4v) is 2.41. The van der Waals surface area contributed by atoms with Gasteiger partial charge in [0, 0.05) is 25.8 Å². The number of aromatic nitrogens is 2. The molecule has 1 aliphatic rings. The van der Waals surface area contributed by atoms with Crippen LogP contribution in [0.25, 0.3) is 0 Å². The van der Waals surface area contributed by atoms with Crippen LogP contribution in [0.3, 0.4) is 0 Å². The number of aliphatic hydroxyl groups is 1. The van der Waals surface area contributed by atoms with E-state index in [-0.39, 0.29) is 0 Å². The van der Waals surface area contributed by atoms with Crippen LogP contribution in [0.2, 0.25) is 0 Å². The number of nitrogens with one attached hydrogen (secondary N) is 1. The maximum Gasteiger partial charge on any atom is 0.0948 e. The molecule has 90 valence electrons. The Morgan fingerprint density at radius 1 is 1.50 bits per heavy atom. The Morgan fingerprint density at radius 3 is 2.94 bits per heavy atom. The lowest BCUT2D eigenvalue weighted by Gasteiger charge is -2.22. The zero-order chi connectivity index (χ0) is 11.4. The highest BCUT2D eigenvalue weighted by molar-refractivity contribution is 4.98. The minimum Gasteiger partial charge on any atom is -0.389 e. The van der Waals surface area contributed by atoms with Crippen molar-refractivity contribution in [3.8, 4) is 0 Å². The number of hydrogen-bond donors (Lipinski definition) is 2. The van der Waals surface area contributed by atoms with Crippen molar-refractivity contribution in [2.24, 2.45) is 0 Å². The Balaban J connectivity index is 1.79. The molecular weight excluding hydrogens is 202 g/mol. The summed E-state index contributed by atoms with van der Waals surface area (Å²) in [5, 5.41) is 13.5. The average molecular weight is 223 g/mol. The van der Waals surface area contributed by atoms with Gasteiger partial charge in [-0.1, -0.05) is 12.8 Å². The molecule has 4 nitrogen and oxygen atoms in total. The lowest BCUT2D eigenvalue weighted by molar-refractivity contribution is 0.0473. The molecule has 1 heterocycles. The van der Waals surface area contributed by atoms with Gasteiger partial charge < -0.3 is 15.0 Å². The number of hydrogen-bond acceptors (Lipinski definition) is 3. The van der Waals surface area contributed by atoms with E-state index in [0.29, 0.717) is 6.54 Å². The summed E-state index contributed by atoms with van der Waals surface area (Å²) < 4.78 is 2.12. The van der Waals surface area contributed by atoms with E-state index < -0.39 is 5.60 Å². The van der Waals surface area contributed by atoms with E-state index in [1.54, 1.807) is 0 Å². The Labute approximate surface area is 96.7 Å². The Hall–Kier alpha value is -0.870. The van der Waals surface area contributed by atoms with Crippen molar-refractivity contribution in [1.82, 2.24) is 14.9 Å². The van der Waals surface area contributed by atoms with E-state index in [2.05, 4.69) is 21.8 Å². The summed E-state index contributed by atoms with van der Waals surface area (Å²) in [7, 11) is 0. The summed E-state index contributed by atoms with van der Waals surface area (Å²) in [6.45, 7) is 4.54. The van der Waals surface area contributed by atoms with Crippen LogP contribution in [0.4, 0.5) is 0 Å². The summed E-state index contributed by atoms with van der Waals surface area (Å²) in [6.07, 6.45) is 7.92. The van der Waals surface area contributed by atoms with Crippen molar-refractivity contribution in [2.45, 2.75) is 51.3 Å². The van der Waals surface area contributed by atoms with Crippen molar-refractivity contribution in [2.75, 3.05) is 6.54 Å². The van der Waals surface area contributed by atoms with Gasteiger partial charge in [-0.2, -0.15) is 0 Å². The summed E-state index contributed by atoms with van der Waals surface area (Å²) >= 11 is 0. The summed E-state index contributed by atoms with van der Waals surface area (Å²) in [5.74, 6) is 0. The Bertz CT molecular complexity index is 329. The van der Waals surface area contributed by atoms with Crippen LogP contribution in [0.15, 0.2) is 12.5 Å². The average Bonchev–Trinajstić information content (AvgIpc) is 2.88. The molecule has 0 unspecified atom stereocenters. The Morgan fingerprint density at radius 2 is 2.25 bits per heavy atom. The SMILES string of the molecule is CCn1cncc1CNCC1(O)CCCC1. The molecule has 0 atom stereocenters. The normalized spacial score (nSPS) is 19.1. The van der Waals surface area contributed by atoms with Gasteiger partial charge in [-0.05, 0) is 19.8 Å². The van der Waals surface area contributed by atoms with Crippen molar-refractivity contribution in [3.63, 3.8) is 0 Å². The van der Waals surface area contributed by atoms with Gasteiger partial charge in [-0.15, -0.1) is 0 Å². The molecule has 0 saturated heterocycles. The number of rotatable bonds is 5. The van der Waals surface area contributed by atoms with Crippen molar-refractivity contribution < 1.29 is 5.11 Å². The van der Waals surface area contributed by atoms with Gasteiger partial charge in [0.1, 0.15) is 0 Å². The van der Waals surface area contributed by atoms with Gasteiger partial charge in [0.15, 0.2) is 0 Å². The summed E-state index contributed by atoms with van der Waals surface area (Å²) in [5.41, 5.74) is 0.723. The molecule has 1 saturated carbocycles. The van der Waals surface area contributed by atoms with Crippen molar-refractivity contribution in [3.05, 3.63) is 18.2 Å². The predicted octanol–water partition coefficient (Wildman–Crippen LogP) is 1.30. The van der Waals surface area contributed by atoms with Crippen LogP contribution in [-0.2, 0) is 13.1 Å². The monoisotopic (exact) mass is 223 g/mol. The van der Waals surface area contributed by atoms with E-state index in [1.807, 2.05) is 12.5 Å². The van der Waals surface area contributed by atoms with Gasteiger partial charge in [0.2, 0.25) is 0 Å². The first kappa shape index (κ1) is 11.6. The van der Waals surface area contributed by atoms with E-state index in [1.165, 1.54) is 5.69 Å². The summed E-state index contributed by atoms with van der Waals surface area (Å²) in [4.78, 5) is 4.12. The first-order valence-corrected chi connectivity index (χ1v) is 6.16. The van der Waals surface area contributed by atoms with E-state index in [9.17, 15) is 5.11 Å². The molecule has 0 spiro atoms. The smallest absolute Gasteiger partial charge is 0.0948 e. The molecule has 0 aliphatic heterocycles. The Kier molecular flexibility index (Phi) is 3.61. The van der Waals surface area contributed by atoms with E-state index in [0.717, 1.165) is 38.8 Å². The molecule has 1 aliphatic carbocycles. The summed E-state index contributed by atoms with van der Waals surface area (Å²) in [6, 6.07) is 0.